The maximum Gasteiger partial charge on any atom is 0.269 e. The number of pyridine rings is 1. The summed E-state index contributed by atoms with van der Waals surface area (Å²) in [5.74, 6) is -0.365. The Morgan fingerprint density at radius 3 is 2.78 bits per heavy atom. The van der Waals surface area contributed by atoms with Gasteiger partial charge >= 0.3 is 0 Å². The molecule has 0 aliphatic carbocycles. The number of rotatable bonds is 0. The van der Waals surface area contributed by atoms with E-state index in [1.807, 2.05) is 0 Å². The van der Waals surface area contributed by atoms with Gasteiger partial charge in [0, 0.05) is 22.0 Å². The van der Waals surface area contributed by atoms with Crippen LogP contribution in [0.3, 0.4) is 0 Å². The molecule has 0 fully saturated rings. The topological polar surface area (TPSA) is 40.2 Å². The van der Waals surface area contributed by atoms with Crippen molar-refractivity contribution in [1.29, 1.82) is 0 Å². The molecule has 0 radical (unpaired) electrons. The Balaban J connectivity index is 3.17. The number of hydrogen-bond donors (Lipinski definition) is 1. The molecule has 2 nitrogen and oxygen atoms in total. The maximum absolute atomic E-state index is 12.2. The van der Waals surface area contributed by atoms with E-state index in [9.17, 15) is 4.39 Å². The first-order valence-corrected chi connectivity index (χ1v) is 3.11. The molecule has 0 aromatic carbocycles. The molecule has 0 bridgehead atoms. The molecule has 0 aliphatic heterocycles. The van der Waals surface area contributed by atoms with Crippen molar-refractivity contribution in [2.75, 3.05) is 5.73 Å². The molecule has 1 heterocycles. The van der Waals surface area contributed by atoms with Gasteiger partial charge in [-0.2, -0.15) is 0 Å². The van der Waals surface area contributed by atoms with E-state index < -0.39 is 0 Å². The van der Waals surface area contributed by atoms with Gasteiger partial charge in [-0.05, 0) is 0 Å². The number of hydrogen-bond acceptors (Lipinski definition) is 1. The smallest absolute Gasteiger partial charge is 0.269 e. The Bertz CT molecular complexity index is 226. The Labute approximate surface area is 60.0 Å². The average molecular weight is 192 g/mol. The van der Waals surface area contributed by atoms with Crippen molar-refractivity contribution >= 4 is 21.6 Å². The molecule has 0 aliphatic rings. The van der Waals surface area contributed by atoms with Gasteiger partial charge in [-0.1, -0.05) is 0 Å². The fraction of sp³-hybridized carbons (Fsp3) is 0. The van der Waals surface area contributed by atoms with Gasteiger partial charge in [0.05, 0.1) is 0 Å². The van der Waals surface area contributed by atoms with Gasteiger partial charge in [0.15, 0.2) is 5.82 Å². The summed E-state index contributed by atoms with van der Waals surface area (Å²) < 4.78 is 12.8. The number of nitrogens with one attached hydrogen (secondary N) is 1. The molecular formula is C5H5BrFN2+. The van der Waals surface area contributed by atoms with E-state index >= 15 is 0 Å². The van der Waals surface area contributed by atoms with Crippen LogP contribution in [0.1, 0.15) is 0 Å². The van der Waals surface area contributed by atoms with Crippen LogP contribution in [-0.4, -0.2) is 0 Å². The van der Waals surface area contributed by atoms with Crippen molar-refractivity contribution in [1.82, 2.24) is 0 Å². The SMILES string of the molecule is Nc1cc(F)c[nH+]c1Br. The molecule has 1 rings (SSSR count). The summed E-state index contributed by atoms with van der Waals surface area (Å²) in [6.45, 7) is 0. The summed E-state index contributed by atoms with van der Waals surface area (Å²) >= 11 is 3.08. The lowest BCUT2D eigenvalue weighted by Crippen LogP contribution is -2.07. The van der Waals surface area contributed by atoms with Gasteiger partial charge in [0.25, 0.3) is 4.60 Å². The predicted octanol–water partition coefficient (Wildman–Crippen LogP) is 0.985. The van der Waals surface area contributed by atoms with Gasteiger partial charge < -0.3 is 5.73 Å². The Hall–Kier alpha value is -0.640. The van der Waals surface area contributed by atoms with Crippen LogP contribution in [0.25, 0.3) is 0 Å². The highest BCUT2D eigenvalue weighted by molar-refractivity contribution is 9.10. The van der Waals surface area contributed by atoms with Crippen molar-refractivity contribution < 1.29 is 9.37 Å². The molecule has 0 unspecified atom stereocenters. The first kappa shape index (κ1) is 6.48. The predicted molar refractivity (Wildman–Crippen MR) is 35.1 cm³/mol. The van der Waals surface area contributed by atoms with Crippen LogP contribution in [0.4, 0.5) is 10.1 Å². The first-order chi connectivity index (χ1) is 4.20. The zero-order chi connectivity index (χ0) is 6.85. The minimum atomic E-state index is -0.365. The minimum absolute atomic E-state index is 0.365. The van der Waals surface area contributed by atoms with Crippen LogP contribution >= 0.6 is 15.9 Å². The molecule has 0 spiro atoms. The zero-order valence-corrected chi connectivity index (χ0v) is 6.07. The Kier molecular flexibility index (Phi) is 1.66. The van der Waals surface area contributed by atoms with Crippen molar-refractivity contribution in [3.63, 3.8) is 0 Å². The summed E-state index contributed by atoms with van der Waals surface area (Å²) in [7, 11) is 0. The highest BCUT2D eigenvalue weighted by atomic mass is 79.9. The average Bonchev–Trinajstić information content (AvgIpc) is 1.80. The molecule has 48 valence electrons. The number of nitrogens with two attached hydrogens (primary N) is 1. The molecule has 0 saturated carbocycles. The highest BCUT2D eigenvalue weighted by Gasteiger charge is 2.02. The fourth-order valence-electron chi connectivity index (χ4n) is 0.469. The van der Waals surface area contributed by atoms with E-state index in [4.69, 9.17) is 5.73 Å². The number of H-pyrrole nitrogens is 1. The van der Waals surface area contributed by atoms with Gasteiger partial charge in [0.2, 0.25) is 6.20 Å². The highest BCUT2D eigenvalue weighted by Crippen LogP contribution is 2.11. The molecule has 4 heteroatoms. The van der Waals surface area contributed by atoms with Gasteiger partial charge in [-0.3, -0.25) is 0 Å². The number of halogens is 2. The van der Waals surface area contributed by atoms with Crippen LogP contribution < -0.4 is 10.7 Å². The standard InChI is InChI=1S/C5H4BrFN2/c6-5-4(8)1-3(7)2-9-5/h1-2H,8H2/p+1. The van der Waals surface area contributed by atoms with Gasteiger partial charge in [-0.15, -0.1) is 0 Å². The van der Waals surface area contributed by atoms with Gasteiger partial charge in [0.1, 0.15) is 5.69 Å². The van der Waals surface area contributed by atoms with E-state index in [1.54, 1.807) is 0 Å². The summed E-state index contributed by atoms with van der Waals surface area (Å²) in [6.07, 6.45) is 1.22. The van der Waals surface area contributed by atoms with E-state index in [-0.39, 0.29) is 5.82 Å². The van der Waals surface area contributed by atoms with Gasteiger partial charge in [-0.25, -0.2) is 9.37 Å². The van der Waals surface area contributed by atoms with E-state index in [2.05, 4.69) is 20.9 Å². The quantitative estimate of drug-likeness (QED) is 0.611. The van der Waals surface area contributed by atoms with E-state index in [0.29, 0.717) is 10.3 Å². The molecule has 0 amide bonds. The third-order valence-electron chi connectivity index (χ3n) is 0.884. The van der Waals surface area contributed by atoms with E-state index in [0.717, 1.165) is 0 Å². The summed E-state index contributed by atoms with van der Waals surface area (Å²) in [6, 6.07) is 1.24. The molecule has 3 N–H and O–H groups in total. The molecule has 0 atom stereocenters. The second-order valence-corrected chi connectivity index (χ2v) is 2.38. The number of anilines is 1. The third-order valence-corrected chi connectivity index (χ3v) is 1.57. The minimum Gasteiger partial charge on any atom is -0.393 e. The lowest BCUT2D eigenvalue weighted by atomic mass is 10.4. The second-order valence-electron chi connectivity index (χ2n) is 1.59. The van der Waals surface area contributed by atoms with E-state index in [1.165, 1.54) is 12.3 Å². The summed E-state index contributed by atoms with van der Waals surface area (Å²) in [5.41, 5.74) is 5.67. The van der Waals surface area contributed by atoms with Crippen molar-refractivity contribution in [3.8, 4) is 0 Å². The molecule has 1 aromatic rings. The molecule has 1 aromatic heterocycles. The van der Waals surface area contributed by atoms with Crippen molar-refractivity contribution in [2.45, 2.75) is 0 Å². The van der Waals surface area contributed by atoms with Crippen LogP contribution in [0.5, 0.6) is 0 Å². The molecular weight excluding hydrogens is 187 g/mol. The number of aromatic amines is 1. The van der Waals surface area contributed by atoms with Crippen LogP contribution in [0.15, 0.2) is 16.9 Å². The fourth-order valence-corrected chi connectivity index (χ4v) is 0.698. The second kappa shape index (κ2) is 2.31. The number of nitrogen functional groups attached to an aromatic ring is 1. The Morgan fingerprint density at radius 2 is 2.33 bits per heavy atom. The monoisotopic (exact) mass is 191 g/mol. The summed E-state index contributed by atoms with van der Waals surface area (Å²) in [5, 5.41) is 0. The van der Waals surface area contributed by atoms with Crippen LogP contribution in [-0.2, 0) is 0 Å². The first-order valence-electron chi connectivity index (χ1n) is 2.32. The third kappa shape index (κ3) is 1.38. The zero-order valence-electron chi connectivity index (χ0n) is 4.49. The van der Waals surface area contributed by atoms with Crippen molar-refractivity contribution in [2.24, 2.45) is 0 Å². The van der Waals surface area contributed by atoms with Crippen molar-refractivity contribution in [3.05, 3.63) is 22.7 Å². The Morgan fingerprint density at radius 1 is 1.67 bits per heavy atom. The van der Waals surface area contributed by atoms with Crippen LogP contribution in [0, 0.1) is 5.82 Å². The summed E-state index contributed by atoms with van der Waals surface area (Å²) in [4.78, 5) is 2.58. The lowest BCUT2D eigenvalue weighted by molar-refractivity contribution is -0.393. The molecule has 0 saturated heterocycles. The van der Waals surface area contributed by atoms with Crippen LogP contribution in [0.2, 0.25) is 0 Å². The molecule has 9 heavy (non-hydrogen) atoms. The lowest BCUT2D eigenvalue weighted by Gasteiger charge is -1.87. The maximum atomic E-state index is 12.2. The number of aromatic nitrogens is 1. The normalized spacial score (nSPS) is 9.56. The largest absolute Gasteiger partial charge is 0.393 e.